The Balaban J connectivity index is 1.96. The van der Waals surface area contributed by atoms with E-state index in [0.29, 0.717) is 18.3 Å². The van der Waals surface area contributed by atoms with Crippen molar-refractivity contribution in [1.82, 2.24) is 9.62 Å². The lowest BCUT2D eigenvalue weighted by Gasteiger charge is -2.37. The molecule has 1 saturated heterocycles. The van der Waals surface area contributed by atoms with Crippen LogP contribution in [0.1, 0.15) is 53.4 Å². The zero-order chi connectivity index (χ0) is 17.2. The van der Waals surface area contributed by atoms with E-state index < -0.39 is 16.1 Å². The Kier molecular flexibility index (Phi) is 3.88. The summed E-state index contributed by atoms with van der Waals surface area (Å²) in [5.74, 6) is 0.785. The van der Waals surface area contributed by atoms with Crippen molar-refractivity contribution in [1.29, 1.82) is 0 Å². The molecule has 2 aliphatic carbocycles. The summed E-state index contributed by atoms with van der Waals surface area (Å²) in [4.78, 5) is 13.0. The first-order valence-corrected chi connectivity index (χ1v) is 10.4. The number of amides is 1. The highest BCUT2D eigenvalue weighted by atomic mass is 32.2. The van der Waals surface area contributed by atoms with Crippen LogP contribution in [0.15, 0.2) is 0 Å². The molecule has 6 heteroatoms. The minimum Gasteiger partial charge on any atom is -0.309 e. The van der Waals surface area contributed by atoms with E-state index in [4.69, 9.17) is 0 Å². The maximum Gasteiger partial charge on any atom is 0.253 e. The lowest BCUT2D eigenvalue weighted by molar-refractivity contribution is -0.131. The van der Waals surface area contributed by atoms with Gasteiger partial charge in [0.1, 0.15) is 0 Å². The molecule has 3 rings (SSSR count). The van der Waals surface area contributed by atoms with E-state index in [2.05, 4.69) is 33.0 Å². The molecular weight excluding hydrogens is 312 g/mol. The van der Waals surface area contributed by atoms with Gasteiger partial charge in [-0.25, -0.2) is 12.7 Å². The van der Waals surface area contributed by atoms with Gasteiger partial charge in [0.25, 0.3) is 5.91 Å². The van der Waals surface area contributed by atoms with Crippen molar-refractivity contribution in [2.45, 2.75) is 65.5 Å². The first-order chi connectivity index (χ1) is 10.6. The first-order valence-electron chi connectivity index (χ1n) is 8.80. The Morgan fingerprint density at radius 1 is 1.35 bits per heavy atom. The zero-order valence-corrected chi connectivity index (χ0v) is 15.7. The molecule has 0 aromatic carbocycles. The molecule has 3 fully saturated rings. The lowest BCUT2D eigenvalue weighted by atomic mass is 9.69. The summed E-state index contributed by atoms with van der Waals surface area (Å²) < 4.78 is 27.0. The standard InChI is InChI=1S/C17H30N2O3S/c1-11(2)8-13(18-5)15(20)19-14-9-12-6-7-17(14,16(12,3)4)10-23(19,21)22/h11-14,18H,6-10H2,1-5H3/t12-,13+,14-,17-/m1/s1. The third-order valence-corrected chi connectivity index (χ3v) is 8.90. The molecule has 4 atom stereocenters. The van der Waals surface area contributed by atoms with E-state index in [9.17, 15) is 13.2 Å². The lowest BCUT2D eigenvalue weighted by Crippen LogP contribution is -2.51. The minimum atomic E-state index is -3.51. The molecule has 1 N–H and O–H groups in total. The van der Waals surface area contributed by atoms with Crippen molar-refractivity contribution in [3.8, 4) is 0 Å². The van der Waals surface area contributed by atoms with E-state index in [1.54, 1.807) is 7.05 Å². The van der Waals surface area contributed by atoms with E-state index in [0.717, 1.165) is 19.3 Å². The molecule has 0 aromatic heterocycles. The van der Waals surface area contributed by atoms with Gasteiger partial charge >= 0.3 is 0 Å². The Morgan fingerprint density at radius 2 is 2.00 bits per heavy atom. The average Bonchev–Trinajstić information content (AvgIpc) is 2.90. The van der Waals surface area contributed by atoms with Crippen LogP contribution in [0.25, 0.3) is 0 Å². The van der Waals surface area contributed by atoms with Crippen LogP contribution in [-0.2, 0) is 14.8 Å². The summed E-state index contributed by atoms with van der Waals surface area (Å²) in [5.41, 5.74) is -0.227. The van der Waals surface area contributed by atoms with Crippen LogP contribution in [0, 0.1) is 22.7 Å². The number of sulfonamides is 1. The summed E-state index contributed by atoms with van der Waals surface area (Å²) in [6.45, 7) is 8.52. The molecule has 1 amide bonds. The quantitative estimate of drug-likeness (QED) is 0.848. The summed E-state index contributed by atoms with van der Waals surface area (Å²) in [6.07, 6.45) is 3.54. The predicted molar refractivity (Wildman–Crippen MR) is 90.3 cm³/mol. The minimum absolute atomic E-state index is 0.00690. The Hall–Kier alpha value is -0.620. The highest BCUT2D eigenvalue weighted by molar-refractivity contribution is 7.90. The van der Waals surface area contributed by atoms with Crippen molar-refractivity contribution in [2.75, 3.05) is 12.8 Å². The molecule has 2 bridgehead atoms. The predicted octanol–water partition coefficient (Wildman–Crippen LogP) is 1.99. The fourth-order valence-electron chi connectivity index (χ4n) is 5.55. The van der Waals surface area contributed by atoms with Gasteiger partial charge in [-0.2, -0.15) is 0 Å². The Labute approximate surface area is 140 Å². The van der Waals surface area contributed by atoms with Crippen LogP contribution in [0.3, 0.4) is 0 Å². The summed E-state index contributed by atoms with van der Waals surface area (Å²) in [6, 6.07) is -0.543. The second-order valence-corrected chi connectivity index (χ2v) is 10.6. The molecule has 132 valence electrons. The maximum atomic E-state index is 13.0. The van der Waals surface area contributed by atoms with Gasteiger partial charge in [0.15, 0.2) is 0 Å². The topological polar surface area (TPSA) is 66.5 Å². The van der Waals surface area contributed by atoms with Crippen molar-refractivity contribution >= 4 is 15.9 Å². The Morgan fingerprint density at radius 3 is 2.52 bits per heavy atom. The number of carbonyl (C=O) groups is 1. The van der Waals surface area contributed by atoms with Gasteiger partial charge in [-0.1, -0.05) is 27.7 Å². The van der Waals surface area contributed by atoms with Gasteiger partial charge in [-0.3, -0.25) is 4.79 Å². The molecule has 0 radical (unpaired) electrons. The third kappa shape index (κ3) is 2.20. The van der Waals surface area contributed by atoms with Crippen LogP contribution < -0.4 is 5.32 Å². The highest BCUT2D eigenvalue weighted by Gasteiger charge is 2.72. The molecule has 5 nitrogen and oxygen atoms in total. The molecule has 23 heavy (non-hydrogen) atoms. The number of nitrogens with zero attached hydrogens (tertiary/aromatic N) is 1. The van der Waals surface area contributed by atoms with E-state index in [-0.39, 0.29) is 28.5 Å². The molecule has 1 spiro atoms. The van der Waals surface area contributed by atoms with Gasteiger partial charge < -0.3 is 5.32 Å². The monoisotopic (exact) mass is 342 g/mol. The van der Waals surface area contributed by atoms with E-state index >= 15 is 0 Å². The number of hydrogen-bond acceptors (Lipinski definition) is 4. The SMILES string of the molecule is CN[C@@H](CC(C)C)C(=O)N1[C@@H]2C[C@H]3CC[C@]2(CS1(=O)=O)C3(C)C. The van der Waals surface area contributed by atoms with Crippen LogP contribution in [0.4, 0.5) is 0 Å². The molecule has 2 saturated carbocycles. The normalized spacial score (nSPS) is 38.1. The van der Waals surface area contributed by atoms with Crippen LogP contribution in [0.5, 0.6) is 0 Å². The zero-order valence-electron chi connectivity index (χ0n) is 14.9. The van der Waals surface area contributed by atoms with Crippen LogP contribution >= 0.6 is 0 Å². The fraction of sp³-hybridized carbons (Fsp3) is 0.941. The summed E-state index contributed by atoms with van der Waals surface area (Å²) in [7, 11) is -1.76. The Bertz CT molecular complexity index is 613. The van der Waals surface area contributed by atoms with Crippen molar-refractivity contribution < 1.29 is 13.2 Å². The maximum absolute atomic E-state index is 13.0. The second kappa shape index (κ2) is 5.19. The smallest absolute Gasteiger partial charge is 0.253 e. The van der Waals surface area contributed by atoms with Gasteiger partial charge in [-0.15, -0.1) is 0 Å². The molecule has 1 aliphatic heterocycles. The molecule has 0 aromatic rings. The van der Waals surface area contributed by atoms with Crippen LogP contribution in [-0.4, -0.2) is 43.5 Å². The van der Waals surface area contributed by atoms with Crippen molar-refractivity contribution in [2.24, 2.45) is 22.7 Å². The number of fused-ring (bicyclic) bond motifs is 1. The number of rotatable bonds is 4. The van der Waals surface area contributed by atoms with Gasteiger partial charge in [0, 0.05) is 5.41 Å². The molecule has 3 aliphatic rings. The van der Waals surface area contributed by atoms with Gasteiger partial charge in [-0.05, 0) is 50.0 Å². The van der Waals surface area contributed by atoms with Crippen LogP contribution in [0.2, 0.25) is 0 Å². The summed E-state index contributed by atoms with van der Waals surface area (Å²) in [5, 5.41) is 3.03. The highest BCUT2D eigenvalue weighted by Crippen LogP contribution is 2.70. The third-order valence-electron chi connectivity index (χ3n) is 6.98. The van der Waals surface area contributed by atoms with Gasteiger partial charge in [0.05, 0.1) is 17.8 Å². The van der Waals surface area contributed by atoms with Crippen molar-refractivity contribution in [3.05, 3.63) is 0 Å². The van der Waals surface area contributed by atoms with Crippen molar-refractivity contribution in [3.63, 3.8) is 0 Å². The van der Waals surface area contributed by atoms with E-state index in [1.807, 2.05) is 0 Å². The molecule has 1 heterocycles. The molecule has 0 unspecified atom stereocenters. The summed E-state index contributed by atoms with van der Waals surface area (Å²) >= 11 is 0. The first kappa shape index (κ1) is 17.2. The average molecular weight is 343 g/mol. The fourth-order valence-corrected chi connectivity index (χ4v) is 8.12. The number of likely N-dealkylation sites (N-methyl/N-ethyl adjacent to an activating group) is 1. The van der Waals surface area contributed by atoms with E-state index in [1.165, 1.54) is 4.31 Å². The molecular formula is C17H30N2O3S. The number of carbonyl (C=O) groups excluding carboxylic acids is 1. The largest absolute Gasteiger partial charge is 0.309 e. The van der Waals surface area contributed by atoms with Gasteiger partial charge in [0.2, 0.25) is 10.0 Å². The number of hydrogen-bond donors (Lipinski definition) is 1. The second-order valence-electron chi connectivity index (χ2n) is 8.73. The number of nitrogens with one attached hydrogen (secondary N) is 1.